The monoisotopic (exact) mass is 483 g/mol. The molecule has 0 bridgehead atoms. The lowest BCUT2D eigenvalue weighted by Crippen LogP contribution is -2.18. The highest BCUT2D eigenvalue weighted by atomic mass is 32.2. The molecule has 0 saturated carbocycles. The number of ether oxygens (including phenoxy) is 1. The molecule has 0 spiro atoms. The number of nitrogens with one attached hydrogen (secondary N) is 2. The van der Waals surface area contributed by atoms with Crippen molar-refractivity contribution in [1.82, 2.24) is 10.3 Å². The lowest BCUT2D eigenvalue weighted by molar-refractivity contribution is 0.0964. The molecule has 2 aromatic carbocycles. The maximum absolute atomic E-state index is 13.5. The highest BCUT2D eigenvalue weighted by Crippen LogP contribution is 2.39. The van der Waals surface area contributed by atoms with Gasteiger partial charge in [-0.05, 0) is 48.0 Å². The van der Waals surface area contributed by atoms with Gasteiger partial charge in [0.2, 0.25) is 0 Å². The van der Waals surface area contributed by atoms with Crippen molar-refractivity contribution in [3.8, 4) is 17.1 Å². The Hall–Kier alpha value is -3.92. The number of hydrogen-bond donors (Lipinski definition) is 2. The average Bonchev–Trinajstić information content (AvgIpc) is 3.19. The minimum absolute atomic E-state index is 0.194. The Balaban J connectivity index is 1.84. The van der Waals surface area contributed by atoms with Crippen LogP contribution in [0.1, 0.15) is 15.9 Å². The average molecular weight is 484 g/mol. The van der Waals surface area contributed by atoms with E-state index in [2.05, 4.69) is 15.6 Å². The number of sulfone groups is 1. The molecule has 0 atom stereocenters. The Labute approximate surface area is 195 Å². The van der Waals surface area contributed by atoms with Crippen molar-refractivity contribution in [2.24, 2.45) is 0 Å². The van der Waals surface area contributed by atoms with Crippen LogP contribution in [0.4, 0.5) is 10.1 Å². The molecular weight excluding hydrogens is 461 g/mol. The molecule has 0 radical (unpaired) electrons. The molecule has 10 heteroatoms. The maximum Gasteiger partial charge on any atom is 0.255 e. The highest BCUT2D eigenvalue weighted by molar-refractivity contribution is 7.90. The zero-order chi connectivity index (χ0) is 24.3. The molecule has 8 nitrogen and oxygen atoms in total. The van der Waals surface area contributed by atoms with E-state index in [9.17, 15) is 17.6 Å². The van der Waals surface area contributed by atoms with Gasteiger partial charge in [-0.1, -0.05) is 0 Å². The first-order valence-corrected chi connectivity index (χ1v) is 12.3. The van der Waals surface area contributed by atoms with Crippen LogP contribution in [0.2, 0.25) is 0 Å². The summed E-state index contributed by atoms with van der Waals surface area (Å²) in [6, 6.07) is 12.4. The molecule has 0 unspecified atom stereocenters. The van der Waals surface area contributed by atoms with Gasteiger partial charge in [0.1, 0.15) is 35.4 Å². The van der Waals surface area contributed by atoms with Crippen LogP contribution in [-0.2, 0) is 16.4 Å². The summed E-state index contributed by atoms with van der Waals surface area (Å²) in [6.07, 6.45) is 4.39. The van der Waals surface area contributed by atoms with Gasteiger partial charge in [-0.25, -0.2) is 12.8 Å². The van der Waals surface area contributed by atoms with Crippen molar-refractivity contribution < 1.29 is 26.8 Å². The smallest absolute Gasteiger partial charge is 0.255 e. The summed E-state index contributed by atoms with van der Waals surface area (Å²) in [5.74, 6) is -0.535. The van der Waals surface area contributed by atoms with Gasteiger partial charge < -0.3 is 19.8 Å². The number of nitrogens with zero attached hydrogens (tertiary/aromatic N) is 1. The summed E-state index contributed by atoms with van der Waals surface area (Å²) in [7, 11) is -1.83. The van der Waals surface area contributed by atoms with E-state index in [1.165, 1.54) is 31.3 Å². The predicted molar refractivity (Wildman–Crippen MR) is 127 cm³/mol. The summed E-state index contributed by atoms with van der Waals surface area (Å²) < 4.78 is 48.9. The second-order valence-corrected chi connectivity index (χ2v) is 9.77. The largest absolute Gasteiger partial charge is 0.487 e. The molecule has 0 aliphatic carbocycles. The Morgan fingerprint density at radius 3 is 2.47 bits per heavy atom. The van der Waals surface area contributed by atoms with Crippen LogP contribution < -0.4 is 15.4 Å². The van der Waals surface area contributed by atoms with Crippen molar-refractivity contribution >= 4 is 32.4 Å². The Morgan fingerprint density at radius 1 is 1.12 bits per heavy atom. The quantitative estimate of drug-likeness (QED) is 0.390. The first kappa shape index (κ1) is 23.2. The third-order valence-electron chi connectivity index (χ3n) is 5.02. The predicted octanol–water partition coefficient (Wildman–Crippen LogP) is 3.99. The molecule has 4 rings (SSSR count). The third kappa shape index (κ3) is 5.18. The molecule has 1 amide bonds. The van der Waals surface area contributed by atoms with E-state index in [0.717, 1.165) is 11.8 Å². The van der Waals surface area contributed by atoms with Gasteiger partial charge in [-0.3, -0.25) is 9.78 Å². The number of pyridine rings is 1. The standard InChI is InChI=1S/C24H22FN3O5S/c1-26-24(29)22-18-11-21(32-13-15-7-9-27-10-8-15)19(28-14-34(2,30)31)12-20(18)33-23(22)16-3-5-17(25)6-4-16/h3-12,28H,13-14H2,1-2H3,(H,26,29). The molecule has 176 valence electrons. The van der Waals surface area contributed by atoms with E-state index in [0.29, 0.717) is 28.0 Å². The SMILES string of the molecule is CNC(=O)c1c(-c2ccc(F)cc2)oc2cc(NCS(C)(=O)=O)c(OCc3ccncc3)cc12. The molecule has 0 aliphatic heterocycles. The summed E-state index contributed by atoms with van der Waals surface area (Å²) in [4.78, 5) is 16.8. The van der Waals surface area contributed by atoms with Crippen molar-refractivity contribution in [3.05, 3.63) is 77.9 Å². The van der Waals surface area contributed by atoms with Crippen molar-refractivity contribution in [2.45, 2.75) is 6.61 Å². The lowest BCUT2D eigenvalue weighted by atomic mass is 10.0. The van der Waals surface area contributed by atoms with E-state index < -0.39 is 21.6 Å². The minimum Gasteiger partial charge on any atom is -0.487 e. The van der Waals surface area contributed by atoms with Crippen LogP contribution in [0.3, 0.4) is 0 Å². The van der Waals surface area contributed by atoms with E-state index in [4.69, 9.17) is 9.15 Å². The normalized spacial score (nSPS) is 11.4. The summed E-state index contributed by atoms with van der Waals surface area (Å²) in [5, 5.41) is 5.93. The highest BCUT2D eigenvalue weighted by Gasteiger charge is 2.24. The number of amides is 1. The van der Waals surface area contributed by atoms with Gasteiger partial charge in [-0.2, -0.15) is 0 Å². The fourth-order valence-electron chi connectivity index (χ4n) is 3.38. The summed E-state index contributed by atoms with van der Waals surface area (Å²) >= 11 is 0. The van der Waals surface area contributed by atoms with Crippen LogP contribution in [0, 0.1) is 5.82 Å². The third-order valence-corrected chi connectivity index (χ3v) is 5.69. The molecule has 4 aromatic rings. The van der Waals surface area contributed by atoms with E-state index >= 15 is 0 Å². The molecular formula is C24H22FN3O5S. The second kappa shape index (κ2) is 9.52. The zero-order valence-electron chi connectivity index (χ0n) is 18.5. The number of aromatic nitrogens is 1. The van der Waals surface area contributed by atoms with Crippen molar-refractivity contribution in [3.63, 3.8) is 0 Å². The maximum atomic E-state index is 13.5. The van der Waals surface area contributed by atoms with Crippen LogP contribution >= 0.6 is 0 Å². The molecule has 2 N–H and O–H groups in total. The van der Waals surface area contributed by atoms with Gasteiger partial charge in [0.25, 0.3) is 5.91 Å². The summed E-state index contributed by atoms with van der Waals surface area (Å²) in [6.45, 7) is 0.194. The van der Waals surface area contributed by atoms with Crippen molar-refractivity contribution in [2.75, 3.05) is 24.5 Å². The Morgan fingerprint density at radius 2 is 1.82 bits per heavy atom. The second-order valence-electron chi connectivity index (χ2n) is 7.63. The number of benzene rings is 2. The van der Waals surface area contributed by atoms with Crippen LogP contribution in [0.15, 0.2) is 65.3 Å². The van der Waals surface area contributed by atoms with Gasteiger partial charge in [0.05, 0.1) is 11.3 Å². The number of furan rings is 1. The summed E-state index contributed by atoms with van der Waals surface area (Å²) in [5.41, 5.74) is 2.35. The fraction of sp³-hybridized carbons (Fsp3) is 0.167. The van der Waals surface area contributed by atoms with Gasteiger partial charge in [-0.15, -0.1) is 0 Å². The molecule has 0 aliphatic rings. The van der Waals surface area contributed by atoms with Gasteiger partial charge >= 0.3 is 0 Å². The van der Waals surface area contributed by atoms with Crippen molar-refractivity contribution in [1.29, 1.82) is 0 Å². The zero-order valence-corrected chi connectivity index (χ0v) is 19.3. The fourth-order valence-corrected chi connectivity index (χ4v) is 3.80. The van der Waals surface area contributed by atoms with E-state index in [-0.39, 0.29) is 23.8 Å². The number of hydrogen-bond acceptors (Lipinski definition) is 7. The van der Waals surface area contributed by atoms with Crippen LogP contribution in [0.5, 0.6) is 5.75 Å². The number of rotatable bonds is 8. The number of carbonyl (C=O) groups is 1. The number of anilines is 1. The van der Waals surface area contributed by atoms with Gasteiger partial charge in [0.15, 0.2) is 9.84 Å². The Kier molecular flexibility index (Phi) is 6.51. The minimum atomic E-state index is -3.33. The molecule has 2 aromatic heterocycles. The number of fused-ring (bicyclic) bond motifs is 1. The van der Waals surface area contributed by atoms with Gasteiger partial charge in [0, 0.05) is 42.7 Å². The topological polar surface area (TPSA) is 111 Å². The lowest BCUT2D eigenvalue weighted by Gasteiger charge is -2.13. The van der Waals surface area contributed by atoms with Crippen LogP contribution in [0.25, 0.3) is 22.3 Å². The first-order chi connectivity index (χ1) is 16.2. The number of halogens is 1. The molecule has 0 fully saturated rings. The number of carbonyl (C=O) groups excluding carboxylic acids is 1. The molecule has 2 heterocycles. The van der Waals surface area contributed by atoms with E-state index in [1.54, 1.807) is 36.7 Å². The molecule has 0 saturated heterocycles. The molecule has 34 heavy (non-hydrogen) atoms. The van der Waals surface area contributed by atoms with E-state index in [1.807, 2.05) is 0 Å². The van der Waals surface area contributed by atoms with Crippen LogP contribution in [-0.4, -0.2) is 38.5 Å². The first-order valence-electron chi connectivity index (χ1n) is 10.3. The Bertz CT molecular complexity index is 1440.